The van der Waals surface area contributed by atoms with Crippen LogP contribution in [0, 0.1) is 17.3 Å². The van der Waals surface area contributed by atoms with Crippen molar-refractivity contribution in [2.24, 2.45) is 17.3 Å². The van der Waals surface area contributed by atoms with Crippen LogP contribution in [0.5, 0.6) is 0 Å². The average Bonchev–Trinajstić information content (AvgIpc) is 2.14. The minimum atomic E-state index is 0.244. The molecule has 0 aromatic carbocycles. The van der Waals surface area contributed by atoms with E-state index >= 15 is 0 Å². The predicted molar refractivity (Wildman–Crippen MR) is 75.1 cm³/mol. The molecular formula is C16H31N. The van der Waals surface area contributed by atoms with Crippen molar-refractivity contribution in [2.45, 2.75) is 84.7 Å². The van der Waals surface area contributed by atoms with Crippen LogP contribution in [0.2, 0.25) is 0 Å². The summed E-state index contributed by atoms with van der Waals surface area (Å²) in [6.07, 6.45) is 7.16. The number of nitrogens with one attached hydrogen (secondary N) is 1. The van der Waals surface area contributed by atoms with Gasteiger partial charge in [-0.2, -0.15) is 0 Å². The summed E-state index contributed by atoms with van der Waals surface area (Å²) in [6.45, 7) is 14.3. The van der Waals surface area contributed by atoms with E-state index in [2.05, 4.69) is 46.9 Å². The Morgan fingerprint density at radius 3 is 1.88 bits per heavy atom. The van der Waals surface area contributed by atoms with Crippen molar-refractivity contribution in [1.29, 1.82) is 0 Å². The normalized spacial score (nSPS) is 38.5. The van der Waals surface area contributed by atoms with Crippen LogP contribution < -0.4 is 5.32 Å². The molecule has 0 amide bonds. The van der Waals surface area contributed by atoms with Crippen molar-refractivity contribution in [1.82, 2.24) is 5.32 Å². The molecule has 3 fully saturated rings. The highest BCUT2D eigenvalue weighted by Gasteiger charge is 2.52. The van der Waals surface area contributed by atoms with Crippen LogP contribution in [0.25, 0.3) is 0 Å². The number of hydrogen-bond donors (Lipinski definition) is 1. The lowest BCUT2D eigenvalue weighted by Crippen LogP contribution is -2.65. The zero-order valence-electron chi connectivity index (χ0n) is 12.7. The van der Waals surface area contributed by atoms with Gasteiger partial charge in [-0.05, 0) is 70.1 Å². The molecule has 0 spiro atoms. The quantitative estimate of drug-likeness (QED) is 0.714. The molecule has 1 heteroatoms. The fraction of sp³-hybridized carbons (Fsp3) is 1.00. The van der Waals surface area contributed by atoms with Crippen LogP contribution in [0.15, 0.2) is 0 Å². The van der Waals surface area contributed by atoms with E-state index in [0.717, 1.165) is 11.8 Å². The average molecular weight is 237 g/mol. The molecule has 17 heavy (non-hydrogen) atoms. The van der Waals surface area contributed by atoms with Gasteiger partial charge in [-0.25, -0.2) is 0 Å². The van der Waals surface area contributed by atoms with E-state index in [9.17, 15) is 0 Å². The summed E-state index contributed by atoms with van der Waals surface area (Å²) in [7, 11) is 0. The van der Waals surface area contributed by atoms with E-state index in [-0.39, 0.29) is 5.54 Å². The first-order chi connectivity index (χ1) is 7.62. The van der Waals surface area contributed by atoms with Gasteiger partial charge in [0.15, 0.2) is 0 Å². The highest BCUT2D eigenvalue weighted by Crippen LogP contribution is 2.54. The second-order valence-electron chi connectivity index (χ2n) is 8.63. The zero-order valence-corrected chi connectivity index (χ0v) is 12.7. The summed E-state index contributed by atoms with van der Waals surface area (Å²) in [5, 5.41) is 4.02. The Morgan fingerprint density at radius 2 is 1.47 bits per heavy atom. The first-order valence-corrected chi connectivity index (χ1v) is 7.42. The zero-order chi connectivity index (χ0) is 12.9. The Balaban J connectivity index is 2.26. The van der Waals surface area contributed by atoms with Gasteiger partial charge in [0.05, 0.1) is 0 Å². The Kier molecular flexibility index (Phi) is 3.14. The SMILES string of the molecule is CC(C)(C)NC12CCC(CC1)CC2C(C)(C)C. The van der Waals surface area contributed by atoms with Crippen LogP contribution in [0.1, 0.15) is 73.6 Å². The summed E-state index contributed by atoms with van der Waals surface area (Å²) in [4.78, 5) is 0. The van der Waals surface area contributed by atoms with E-state index in [0.29, 0.717) is 11.0 Å². The lowest BCUT2D eigenvalue weighted by molar-refractivity contribution is -0.0358. The second-order valence-corrected chi connectivity index (χ2v) is 8.63. The van der Waals surface area contributed by atoms with Crippen LogP contribution in [0.3, 0.4) is 0 Å². The fourth-order valence-corrected chi connectivity index (χ4v) is 4.48. The van der Waals surface area contributed by atoms with Crippen molar-refractivity contribution < 1.29 is 0 Å². The molecule has 0 aliphatic heterocycles. The molecule has 100 valence electrons. The highest BCUT2D eigenvalue weighted by atomic mass is 15.1. The summed E-state index contributed by atoms with van der Waals surface area (Å²) >= 11 is 0. The van der Waals surface area contributed by atoms with E-state index < -0.39 is 0 Å². The van der Waals surface area contributed by atoms with Gasteiger partial charge < -0.3 is 5.32 Å². The van der Waals surface area contributed by atoms with Gasteiger partial charge in [-0.3, -0.25) is 0 Å². The second kappa shape index (κ2) is 3.98. The van der Waals surface area contributed by atoms with Gasteiger partial charge in [-0.1, -0.05) is 20.8 Å². The van der Waals surface area contributed by atoms with Crippen molar-refractivity contribution in [3.63, 3.8) is 0 Å². The van der Waals surface area contributed by atoms with Crippen molar-refractivity contribution >= 4 is 0 Å². The van der Waals surface area contributed by atoms with Gasteiger partial charge in [0.25, 0.3) is 0 Å². The summed E-state index contributed by atoms with van der Waals surface area (Å²) in [5.41, 5.74) is 1.11. The number of hydrogen-bond acceptors (Lipinski definition) is 1. The van der Waals surface area contributed by atoms with E-state index in [1.54, 1.807) is 0 Å². The van der Waals surface area contributed by atoms with E-state index in [4.69, 9.17) is 0 Å². The number of fused-ring (bicyclic) bond motifs is 3. The molecule has 1 atom stereocenters. The summed E-state index contributed by atoms with van der Waals surface area (Å²) in [6, 6.07) is 0. The van der Waals surface area contributed by atoms with Gasteiger partial charge in [0.2, 0.25) is 0 Å². The van der Waals surface area contributed by atoms with Crippen LogP contribution in [-0.2, 0) is 0 Å². The fourth-order valence-electron chi connectivity index (χ4n) is 4.48. The molecule has 0 aromatic rings. The maximum atomic E-state index is 4.02. The summed E-state index contributed by atoms with van der Waals surface area (Å²) in [5.74, 6) is 1.87. The van der Waals surface area contributed by atoms with Crippen LogP contribution in [-0.4, -0.2) is 11.1 Å². The maximum absolute atomic E-state index is 4.02. The molecular weight excluding hydrogens is 206 g/mol. The van der Waals surface area contributed by atoms with Gasteiger partial charge in [0, 0.05) is 11.1 Å². The molecule has 1 nitrogen and oxygen atoms in total. The molecule has 3 aliphatic rings. The minimum Gasteiger partial charge on any atom is -0.306 e. The minimum absolute atomic E-state index is 0.244. The molecule has 0 heterocycles. The Bertz CT molecular complexity index is 271. The smallest absolute Gasteiger partial charge is 0.0219 e. The Hall–Kier alpha value is -0.0400. The van der Waals surface area contributed by atoms with E-state index in [1.165, 1.54) is 32.1 Å². The standard InChI is InChI=1S/C16H31N/c1-14(2,3)13-11-12-7-9-16(13,10-8-12)17-15(4,5)6/h12-13,17H,7-11H2,1-6H3. The first-order valence-electron chi connectivity index (χ1n) is 7.42. The van der Waals surface area contributed by atoms with E-state index in [1.807, 2.05) is 0 Å². The molecule has 1 N–H and O–H groups in total. The van der Waals surface area contributed by atoms with Gasteiger partial charge in [-0.15, -0.1) is 0 Å². The largest absolute Gasteiger partial charge is 0.306 e. The molecule has 2 bridgehead atoms. The third-order valence-electron chi connectivity index (χ3n) is 4.90. The van der Waals surface area contributed by atoms with Gasteiger partial charge >= 0.3 is 0 Å². The molecule has 3 saturated carbocycles. The Morgan fingerprint density at radius 1 is 0.941 bits per heavy atom. The third-order valence-corrected chi connectivity index (χ3v) is 4.90. The molecule has 0 aromatic heterocycles. The Labute approximate surface area is 108 Å². The lowest BCUT2D eigenvalue weighted by Gasteiger charge is -2.59. The highest BCUT2D eigenvalue weighted by molar-refractivity contribution is 5.08. The van der Waals surface area contributed by atoms with Gasteiger partial charge in [0.1, 0.15) is 0 Å². The molecule has 0 saturated heterocycles. The predicted octanol–water partition coefficient (Wildman–Crippen LogP) is 4.37. The van der Waals surface area contributed by atoms with Crippen molar-refractivity contribution in [3.05, 3.63) is 0 Å². The maximum Gasteiger partial charge on any atom is 0.0219 e. The lowest BCUT2D eigenvalue weighted by atomic mass is 9.53. The third kappa shape index (κ3) is 2.70. The monoisotopic (exact) mass is 237 g/mol. The molecule has 0 radical (unpaired) electrons. The van der Waals surface area contributed by atoms with Crippen molar-refractivity contribution in [3.8, 4) is 0 Å². The number of rotatable bonds is 1. The van der Waals surface area contributed by atoms with Crippen LogP contribution >= 0.6 is 0 Å². The van der Waals surface area contributed by atoms with Crippen molar-refractivity contribution in [2.75, 3.05) is 0 Å². The molecule has 3 rings (SSSR count). The summed E-state index contributed by atoms with van der Waals surface area (Å²) < 4.78 is 0. The first kappa shape index (κ1) is 13.4. The topological polar surface area (TPSA) is 12.0 Å². The molecule has 3 aliphatic carbocycles. The molecule has 1 unspecified atom stereocenters. The van der Waals surface area contributed by atoms with Crippen LogP contribution in [0.4, 0.5) is 0 Å².